The van der Waals surface area contributed by atoms with Gasteiger partial charge in [-0.1, -0.05) is 0 Å². The number of hydrogen-bond donors (Lipinski definition) is 3. The smallest absolute Gasteiger partial charge is 0.320 e. The van der Waals surface area contributed by atoms with Crippen LogP contribution in [0.1, 0.15) is 6.92 Å². The lowest BCUT2D eigenvalue weighted by atomic mass is 10.4. The Morgan fingerprint density at radius 2 is 1.89 bits per heavy atom. The fraction of sp³-hybridized carbons (Fsp3) is 0.667. The normalized spacial score (nSPS) is 10.4. The Labute approximate surface area is 51.2 Å². The molecule has 4 N–H and O–H groups in total. The van der Waals surface area contributed by atoms with Gasteiger partial charge in [0.15, 0.2) is 5.34 Å². The van der Waals surface area contributed by atoms with Crippen LogP contribution in [0.5, 0.6) is 0 Å². The molecule has 0 amide bonds. The van der Waals surface area contributed by atoms with Crippen molar-refractivity contribution in [2.45, 2.75) is 13.0 Å². The van der Waals surface area contributed by atoms with Gasteiger partial charge in [0.05, 0.1) is 0 Å². The van der Waals surface area contributed by atoms with E-state index in [-0.39, 0.29) is 0 Å². The number of carboxylic acids is 1. The molecule has 0 saturated heterocycles. The molecule has 1 atom stereocenters. The largest absolute Gasteiger partial charge is 0.480 e. The Morgan fingerprint density at radius 3 is 1.89 bits per heavy atom. The molecule has 0 radical (unpaired) electrons. The zero-order valence-corrected chi connectivity index (χ0v) is 4.81. The maximum atomic E-state index is 9.57. The molecule has 0 rings (SSSR count). The van der Waals surface area contributed by atoms with Crippen molar-refractivity contribution >= 4 is 5.97 Å². The van der Waals surface area contributed by atoms with Crippen molar-refractivity contribution in [3.8, 4) is 0 Å². The molecule has 0 aliphatic rings. The summed E-state index contributed by atoms with van der Waals surface area (Å²) < 4.78 is 0. The van der Waals surface area contributed by atoms with Gasteiger partial charge in [0.1, 0.15) is 6.04 Å². The first-order valence-electron chi connectivity index (χ1n) is 2.01. The molecule has 6 nitrogen and oxygen atoms in total. The first kappa shape index (κ1) is 10.7. The Kier molecular flexibility index (Phi) is 8.16. The molecule has 0 bridgehead atoms. The van der Waals surface area contributed by atoms with E-state index in [9.17, 15) is 4.79 Å². The summed E-state index contributed by atoms with van der Waals surface area (Å²) in [4.78, 5) is 17.7. The van der Waals surface area contributed by atoms with E-state index in [1.54, 1.807) is 0 Å². The van der Waals surface area contributed by atoms with Gasteiger partial charge in [-0.05, 0) is 6.92 Å². The van der Waals surface area contributed by atoms with Crippen LogP contribution in [0.3, 0.4) is 0 Å². The highest BCUT2D eigenvalue weighted by molar-refractivity contribution is 5.72. The summed E-state index contributed by atoms with van der Waals surface area (Å²) in [7, 11) is 0. The van der Waals surface area contributed by atoms with Crippen molar-refractivity contribution < 1.29 is 15.1 Å². The van der Waals surface area contributed by atoms with Crippen molar-refractivity contribution in [3.63, 3.8) is 0 Å². The molecular formula is C3H8N2O4. The highest BCUT2D eigenvalue weighted by Crippen LogP contribution is 1.68. The van der Waals surface area contributed by atoms with E-state index in [0.29, 0.717) is 0 Å². The van der Waals surface area contributed by atoms with Crippen molar-refractivity contribution in [3.05, 3.63) is 4.91 Å². The minimum Gasteiger partial charge on any atom is -0.480 e. The minimum atomic E-state index is -0.963. The molecule has 6 heteroatoms. The number of aliphatic carboxylic acids is 1. The van der Waals surface area contributed by atoms with Crippen LogP contribution < -0.4 is 5.73 Å². The predicted octanol–water partition coefficient (Wildman–Crippen LogP) is -0.440. The van der Waals surface area contributed by atoms with Crippen LogP contribution in [0.25, 0.3) is 0 Å². The average molecular weight is 136 g/mol. The van der Waals surface area contributed by atoms with Gasteiger partial charge in [0.2, 0.25) is 0 Å². The fourth-order valence-electron chi connectivity index (χ4n) is 0. The van der Waals surface area contributed by atoms with Crippen LogP contribution in [0.4, 0.5) is 0 Å². The molecule has 0 aromatic heterocycles. The van der Waals surface area contributed by atoms with E-state index in [0.717, 1.165) is 0 Å². The van der Waals surface area contributed by atoms with Gasteiger partial charge in [-0.3, -0.25) is 4.79 Å². The first-order valence-corrected chi connectivity index (χ1v) is 2.01. The summed E-state index contributed by atoms with van der Waals surface area (Å²) in [5.74, 6) is -0.963. The molecule has 54 valence electrons. The SMILES string of the molecule is CC(N)C(=O)O.O=NO. The van der Waals surface area contributed by atoms with Crippen molar-refractivity contribution in [1.82, 2.24) is 0 Å². The number of nitrogens with two attached hydrogens (primary N) is 1. The molecule has 0 heterocycles. The highest BCUT2D eigenvalue weighted by atomic mass is 16.6. The lowest BCUT2D eigenvalue weighted by molar-refractivity contribution is -0.138. The summed E-state index contributed by atoms with van der Waals surface area (Å²) in [5, 5.41) is 15.8. The van der Waals surface area contributed by atoms with Crippen LogP contribution in [0, 0.1) is 4.91 Å². The third-order valence-corrected chi connectivity index (χ3v) is 0.390. The van der Waals surface area contributed by atoms with Crippen LogP contribution in [-0.2, 0) is 4.79 Å². The summed E-state index contributed by atoms with van der Waals surface area (Å²) in [6, 6.07) is -0.731. The van der Waals surface area contributed by atoms with Gasteiger partial charge < -0.3 is 16.0 Å². The lowest BCUT2D eigenvalue weighted by Crippen LogP contribution is -2.25. The van der Waals surface area contributed by atoms with Crippen molar-refractivity contribution in [1.29, 1.82) is 0 Å². The number of carboxylic acid groups (broad SMARTS) is 1. The third-order valence-electron chi connectivity index (χ3n) is 0.390. The van der Waals surface area contributed by atoms with Crippen molar-refractivity contribution in [2.75, 3.05) is 0 Å². The van der Waals surface area contributed by atoms with E-state index < -0.39 is 12.0 Å². The summed E-state index contributed by atoms with van der Waals surface area (Å²) >= 11 is 0. The van der Waals surface area contributed by atoms with Gasteiger partial charge >= 0.3 is 5.97 Å². The molecule has 0 aromatic carbocycles. The van der Waals surface area contributed by atoms with Crippen molar-refractivity contribution in [2.24, 2.45) is 11.1 Å². The standard InChI is InChI=1S/C3H7NO2.HNO2/c1-2(4)3(5)6;2-1-3/h2H,4H2,1H3,(H,5,6);(H,2,3). The first-order chi connectivity index (χ1) is 4.06. The zero-order valence-electron chi connectivity index (χ0n) is 4.81. The molecule has 0 aromatic rings. The second kappa shape index (κ2) is 6.83. The predicted molar refractivity (Wildman–Crippen MR) is 28.9 cm³/mol. The minimum absolute atomic E-state index is 0.731. The lowest BCUT2D eigenvalue weighted by Gasteiger charge is -1.90. The second-order valence-electron chi connectivity index (χ2n) is 1.21. The number of rotatable bonds is 1. The van der Waals surface area contributed by atoms with Gasteiger partial charge in [-0.25, -0.2) is 0 Å². The number of carbonyl (C=O) groups is 1. The summed E-state index contributed by atoms with van der Waals surface area (Å²) in [6.45, 7) is 1.42. The fourth-order valence-corrected chi connectivity index (χ4v) is 0. The van der Waals surface area contributed by atoms with Crippen LogP contribution >= 0.6 is 0 Å². The molecule has 0 spiro atoms. The topological polar surface area (TPSA) is 113 Å². The van der Waals surface area contributed by atoms with E-state index in [1.807, 2.05) is 0 Å². The Bertz CT molecular complexity index is 91.8. The molecule has 0 aliphatic carbocycles. The molecule has 1 unspecified atom stereocenters. The Morgan fingerprint density at radius 1 is 1.78 bits per heavy atom. The van der Waals surface area contributed by atoms with Gasteiger partial charge in [0, 0.05) is 0 Å². The summed E-state index contributed by atoms with van der Waals surface area (Å²) in [5.41, 5.74) is 4.84. The Balaban J connectivity index is 0. The van der Waals surface area contributed by atoms with Gasteiger partial charge in [-0.15, -0.1) is 4.91 Å². The quantitative estimate of drug-likeness (QED) is 0.334. The Hall–Kier alpha value is -1.17. The zero-order chi connectivity index (χ0) is 7.86. The van der Waals surface area contributed by atoms with E-state index in [1.165, 1.54) is 12.3 Å². The molecule has 0 aliphatic heterocycles. The summed E-state index contributed by atoms with van der Waals surface area (Å²) in [6.07, 6.45) is 0. The molecule has 0 saturated carbocycles. The molecular weight excluding hydrogens is 128 g/mol. The monoisotopic (exact) mass is 136 g/mol. The van der Waals surface area contributed by atoms with E-state index in [2.05, 4.69) is 0 Å². The van der Waals surface area contributed by atoms with E-state index in [4.69, 9.17) is 21.0 Å². The van der Waals surface area contributed by atoms with Crippen LogP contribution in [0.15, 0.2) is 5.34 Å². The molecule has 9 heavy (non-hydrogen) atoms. The van der Waals surface area contributed by atoms with E-state index >= 15 is 0 Å². The number of hydrogen-bond acceptors (Lipinski definition) is 4. The molecule has 0 fully saturated rings. The maximum Gasteiger partial charge on any atom is 0.320 e. The van der Waals surface area contributed by atoms with Crippen LogP contribution in [0.2, 0.25) is 0 Å². The second-order valence-corrected chi connectivity index (χ2v) is 1.21. The average Bonchev–Trinajstić information content (AvgIpc) is 1.68. The number of nitrogens with zero attached hydrogens (tertiary/aromatic N) is 1. The highest BCUT2D eigenvalue weighted by Gasteiger charge is 1.99. The van der Waals surface area contributed by atoms with Crippen LogP contribution in [-0.4, -0.2) is 22.3 Å². The van der Waals surface area contributed by atoms with Gasteiger partial charge in [-0.2, -0.15) is 0 Å². The third kappa shape index (κ3) is 19.9. The maximum absolute atomic E-state index is 9.57. The van der Waals surface area contributed by atoms with Gasteiger partial charge in [0.25, 0.3) is 0 Å².